The van der Waals surface area contributed by atoms with Crippen LogP contribution in [0.15, 0.2) is 24.3 Å². The van der Waals surface area contributed by atoms with Crippen LogP contribution in [0.3, 0.4) is 0 Å². The minimum atomic E-state index is -3.26. The Morgan fingerprint density at radius 3 is 2.87 bits per heavy atom. The molecule has 124 valence electrons. The molecule has 1 aromatic rings. The van der Waals surface area contributed by atoms with Gasteiger partial charge in [-0.25, -0.2) is 12.7 Å². The van der Waals surface area contributed by atoms with Crippen molar-refractivity contribution in [1.29, 1.82) is 5.26 Å². The molecule has 1 atom stereocenters. The van der Waals surface area contributed by atoms with Crippen molar-refractivity contribution < 1.29 is 13.2 Å². The Hall–Kier alpha value is -1.91. The van der Waals surface area contributed by atoms with Gasteiger partial charge in [0.25, 0.3) is 0 Å². The molecule has 1 heterocycles. The van der Waals surface area contributed by atoms with E-state index in [1.54, 1.807) is 30.1 Å². The van der Waals surface area contributed by atoms with Crippen molar-refractivity contribution in [2.75, 3.05) is 26.4 Å². The molecule has 1 saturated heterocycles. The van der Waals surface area contributed by atoms with Crippen LogP contribution >= 0.6 is 0 Å². The van der Waals surface area contributed by atoms with Gasteiger partial charge < -0.3 is 4.90 Å². The van der Waals surface area contributed by atoms with E-state index in [9.17, 15) is 13.2 Å². The van der Waals surface area contributed by atoms with Crippen LogP contribution in [0.1, 0.15) is 24.0 Å². The van der Waals surface area contributed by atoms with E-state index < -0.39 is 10.0 Å². The van der Waals surface area contributed by atoms with Gasteiger partial charge in [0.2, 0.25) is 15.9 Å². The zero-order valence-electron chi connectivity index (χ0n) is 13.4. The molecular weight excluding hydrogens is 314 g/mol. The second-order valence-corrected chi connectivity index (χ2v) is 7.95. The quantitative estimate of drug-likeness (QED) is 0.827. The highest BCUT2D eigenvalue weighted by molar-refractivity contribution is 7.88. The van der Waals surface area contributed by atoms with E-state index in [1.165, 1.54) is 10.6 Å². The maximum atomic E-state index is 12.6. The first kappa shape index (κ1) is 17.4. The van der Waals surface area contributed by atoms with E-state index in [0.717, 1.165) is 5.56 Å². The zero-order chi connectivity index (χ0) is 17.0. The highest BCUT2D eigenvalue weighted by atomic mass is 32.2. The van der Waals surface area contributed by atoms with Crippen LogP contribution in [0.4, 0.5) is 0 Å². The number of sulfonamides is 1. The van der Waals surface area contributed by atoms with Gasteiger partial charge >= 0.3 is 0 Å². The highest BCUT2D eigenvalue weighted by Crippen LogP contribution is 2.21. The van der Waals surface area contributed by atoms with Crippen molar-refractivity contribution in [3.63, 3.8) is 0 Å². The summed E-state index contributed by atoms with van der Waals surface area (Å²) in [5.74, 6) is -0.358. The summed E-state index contributed by atoms with van der Waals surface area (Å²) in [7, 11) is -1.55. The van der Waals surface area contributed by atoms with Crippen LogP contribution in [-0.4, -0.2) is 49.9 Å². The lowest BCUT2D eigenvalue weighted by atomic mass is 9.98. The molecule has 1 aliphatic heterocycles. The van der Waals surface area contributed by atoms with E-state index in [4.69, 9.17) is 5.26 Å². The molecule has 0 spiro atoms. The predicted molar refractivity (Wildman–Crippen MR) is 86.8 cm³/mol. The molecule has 23 heavy (non-hydrogen) atoms. The molecular formula is C16H21N3O3S. The SMILES string of the molecule is CN(Cc1cccc(C#N)c1)C(=O)[C@@H]1CCCN(S(C)(=O)=O)C1. The number of rotatable bonds is 4. The fourth-order valence-electron chi connectivity index (χ4n) is 2.85. The fraction of sp³-hybridized carbons (Fsp3) is 0.500. The Labute approximate surface area is 137 Å². The summed E-state index contributed by atoms with van der Waals surface area (Å²) in [6.45, 7) is 1.14. The van der Waals surface area contributed by atoms with Gasteiger partial charge in [0.1, 0.15) is 0 Å². The van der Waals surface area contributed by atoms with Gasteiger partial charge in [-0.3, -0.25) is 4.79 Å². The lowest BCUT2D eigenvalue weighted by Crippen LogP contribution is -2.45. The molecule has 1 aromatic carbocycles. The standard InChI is InChI=1S/C16H21N3O3S/c1-18(11-14-6-3-5-13(9-14)10-17)16(20)15-7-4-8-19(12-15)23(2,21)22/h3,5-6,9,15H,4,7-8,11-12H2,1-2H3/t15-/m1/s1. The number of piperidine rings is 1. The van der Waals surface area contributed by atoms with Crippen LogP contribution in [0.5, 0.6) is 0 Å². The molecule has 1 aliphatic rings. The number of amides is 1. The molecule has 1 fully saturated rings. The lowest BCUT2D eigenvalue weighted by molar-refractivity contribution is -0.135. The number of nitriles is 1. The first-order valence-electron chi connectivity index (χ1n) is 7.50. The van der Waals surface area contributed by atoms with Crippen molar-refractivity contribution in [1.82, 2.24) is 9.21 Å². The maximum absolute atomic E-state index is 12.6. The largest absolute Gasteiger partial charge is 0.341 e. The minimum Gasteiger partial charge on any atom is -0.341 e. The van der Waals surface area contributed by atoms with Crippen LogP contribution in [0.25, 0.3) is 0 Å². The van der Waals surface area contributed by atoms with Gasteiger partial charge in [0.05, 0.1) is 23.8 Å². The predicted octanol–water partition coefficient (Wildman–Crippen LogP) is 1.19. The smallest absolute Gasteiger partial charge is 0.227 e. The molecule has 7 heteroatoms. The Bertz CT molecular complexity index is 724. The lowest BCUT2D eigenvalue weighted by Gasteiger charge is -2.32. The molecule has 0 aliphatic carbocycles. The van der Waals surface area contributed by atoms with Crippen LogP contribution in [0.2, 0.25) is 0 Å². The average molecular weight is 335 g/mol. The molecule has 0 aromatic heterocycles. The minimum absolute atomic E-state index is 0.0549. The first-order chi connectivity index (χ1) is 10.8. The van der Waals surface area contributed by atoms with Crippen molar-refractivity contribution in [2.45, 2.75) is 19.4 Å². The molecule has 2 rings (SSSR count). The van der Waals surface area contributed by atoms with Gasteiger partial charge in [-0.2, -0.15) is 5.26 Å². The Kier molecular flexibility index (Phi) is 5.39. The number of hydrogen-bond acceptors (Lipinski definition) is 4. The van der Waals surface area contributed by atoms with Gasteiger partial charge in [-0.05, 0) is 30.5 Å². The maximum Gasteiger partial charge on any atom is 0.227 e. The van der Waals surface area contributed by atoms with Crippen molar-refractivity contribution in [2.24, 2.45) is 5.92 Å². The molecule has 0 radical (unpaired) electrons. The van der Waals surface area contributed by atoms with Crippen LogP contribution in [-0.2, 0) is 21.4 Å². The second kappa shape index (κ2) is 7.11. The van der Waals surface area contributed by atoms with Crippen molar-refractivity contribution >= 4 is 15.9 Å². The zero-order valence-corrected chi connectivity index (χ0v) is 14.2. The molecule has 6 nitrogen and oxygen atoms in total. The third-order valence-electron chi connectivity index (χ3n) is 4.05. The van der Waals surface area contributed by atoms with E-state index in [-0.39, 0.29) is 18.4 Å². The Balaban J connectivity index is 2.03. The van der Waals surface area contributed by atoms with E-state index in [0.29, 0.717) is 31.5 Å². The number of benzene rings is 1. The third-order valence-corrected chi connectivity index (χ3v) is 5.32. The molecule has 0 N–H and O–H groups in total. The first-order valence-corrected chi connectivity index (χ1v) is 9.35. The summed E-state index contributed by atoms with van der Waals surface area (Å²) < 4.78 is 24.7. The summed E-state index contributed by atoms with van der Waals surface area (Å²) in [6, 6.07) is 9.21. The van der Waals surface area contributed by atoms with Gasteiger partial charge in [-0.15, -0.1) is 0 Å². The van der Waals surface area contributed by atoms with E-state index in [2.05, 4.69) is 6.07 Å². The van der Waals surface area contributed by atoms with Crippen molar-refractivity contribution in [3.8, 4) is 6.07 Å². The summed E-state index contributed by atoms with van der Waals surface area (Å²) in [4.78, 5) is 14.2. The second-order valence-electron chi connectivity index (χ2n) is 5.97. The number of nitrogens with zero attached hydrogens (tertiary/aromatic N) is 3. The summed E-state index contributed by atoms with van der Waals surface area (Å²) >= 11 is 0. The van der Waals surface area contributed by atoms with E-state index >= 15 is 0 Å². The monoisotopic (exact) mass is 335 g/mol. The highest BCUT2D eigenvalue weighted by Gasteiger charge is 2.31. The number of carbonyl (C=O) groups excluding carboxylic acids is 1. The van der Waals surface area contributed by atoms with Crippen molar-refractivity contribution in [3.05, 3.63) is 35.4 Å². The Morgan fingerprint density at radius 2 is 2.22 bits per heavy atom. The number of hydrogen-bond donors (Lipinski definition) is 0. The summed E-state index contributed by atoms with van der Waals surface area (Å²) in [5, 5.41) is 8.92. The summed E-state index contributed by atoms with van der Waals surface area (Å²) in [5.41, 5.74) is 1.44. The van der Waals surface area contributed by atoms with Gasteiger partial charge in [0, 0.05) is 26.7 Å². The van der Waals surface area contributed by atoms with Crippen LogP contribution in [0, 0.1) is 17.2 Å². The van der Waals surface area contributed by atoms with Gasteiger partial charge in [-0.1, -0.05) is 12.1 Å². The normalized spacial score (nSPS) is 19.1. The molecule has 0 saturated carbocycles. The topological polar surface area (TPSA) is 81.5 Å². The van der Waals surface area contributed by atoms with E-state index in [1.807, 2.05) is 6.07 Å². The van der Waals surface area contributed by atoms with Crippen LogP contribution < -0.4 is 0 Å². The molecule has 0 unspecified atom stereocenters. The summed E-state index contributed by atoms with van der Waals surface area (Å²) in [6.07, 6.45) is 2.58. The number of carbonyl (C=O) groups is 1. The molecule has 0 bridgehead atoms. The molecule has 1 amide bonds. The average Bonchev–Trinajstić information content (AvgIpc) is 2.53. The third kappa shape index (κ3) is 4.53. The Morgan fingerprint density at radius 1 is 1.48 bits per heavy atom. The fourth-order valence-corrected chi connectivity index (χ4v) is 3.76. The van der Waals surface area contributed by atoms with Gasteiger partial charge in [0.15, 0.2) is 0 Å².